The van der Waals surface area contributed by atoms with E-state index in [1.807, 2.05) is 18.2 Å². The van der Waals surface area contributed by atoms with Crippen molar-refractivity contribution < 1.29 is 4.79 Å². The number of para-hydroxylation sites is 1. The molecule has 0 aliphatic rings. The molecular weight excluding hydrogens is 264 g/mol. The molecule has 3 rings (SSSR count). The lowest BCUT2D eigenvalue weighted by molar-refractivity contribution is 0.102. The van der Waals surface area contributed by atoms with Crippen LogP contribution < -0.4 is 5.32 Å². The van der Waals surface area contributed by atoms with Crippen molar-refractivity contribution in [1.82, 2.24) is 15.0 Å². The van der Waals surface area contributed by atoms with Crippen molar-refractivity contribution in [3.8, 4) is 0 Å². The summed E-state index contributed by atoms with van der Waals surface area (Å²) in [6.45, 7) is 0. The molecule has 6 heteroatoms. The molecule has 1 aromatic carbocycles. The van der Waals surface area contributed by atoms with Crippen LogP contribution in [0.3, 0.4) is 0 Å². The van der Waals surface area contributed by atoms with Crippen molar-refractivity contribution in [3.05, 3.63) is 53.6 Å². The highest BCUT2D eigenvalue weighted by atomic mass is 35.5. The van der Waals surface area contributed by atoms with Crippen LogP contribution in [0.2, 0.25) is 5.15 Å². The Morgan fingerprint density at radius 3 is 2.89 bits per heavy atom. The molecule has 0 saturated carbocycles. The van der Waals surface area contributed by atoms with E-state index >= 15 is 0 Å². The number of benzene rings is 1. The van der Waals surface area contributed by atoms with Gasteiger partial charge in [-0.05, 0) is 12.1 Å². The van der Waals surface area contributed by atoms with Gasteiger partial charge < -0.3 is 10.3 Å². The fraction of sp³-hybridized carbons (Fsp3) is 0. The van der Waals surface area contributed by atoms with Crippen LogP contribution in [0.25, 0.3) is 10.9 Å². The lowest BCUT2D eigenvalue weighted by Crippen LogP contribution is -2.14. The van der Waals surface area contributed by atoms with Crippen molar-refractivity contribution in [1.29, 1.82) is 0 Å². The quantitative estimate of drug-likeness (QED) is 0.753. The number of aromatic amines is 1. The number of aromatic nitrogens is 3. The van der Waals surface area contributed by atoms with E-state index in [1.165, 1.54) is 12.4 Å². The second kappa shape index (κ2) is 4.70. The number of nitrogens with zero attached hydrogens (tertiary/aromatic N) is 2. The van der Waals surface area contributed by atoms with E-state index < -0.39 is 0 Å². The highest BCUT2D eigenvalue weighted by molar-refractivity contribution is 6.32. The van der Waals surface area contributed by atoms with E-state index in [-0.39, 0.29) is 16.9 Å². The van der Waals surface area contributed by atoms with Gasteiger partial charge >= 0.3 is 0 Å². The maximum absolute atomic E-state index is 12.2. The summed E-state index contributed by atoms with van der Waals surface area (Å²) in [5, 5.41) is 3.78. The van der Waals surface area contributed by atoms with Gasteiger partial charge in [0, 0.05) is 24.0 Å². The number of nitrogens with one attached hydrogen (secondary N) is 2. The summed E-state index contributed by atoms with van der Waals surface area (Å²) in [4.78, 5) is 23.1. The molecule has 0 aliphatic heterocycles. The van der Waals surface area contributed by atoms with Gasteiger partial charge in [0.1, 0.15) is 0 Å². The number of hydrogen-bond acceptors (Lipinski definition) is 3. The molecule has 0 bridgehead atoms. The maximum Gasteiger partial charge on any atom is 0.259 e. The average molecular weight is 273 g/mol. The van der Waals surface area contributed by atoms with Crippen LogP contribution in [0.4, 0.5) is 5.82 Å². The maximum atomic E-state index is 12.2. The normalized spacial score (nSPS) is 10.6. The minimum absolute atomic E-state index is 0.162. The Morgan fingerprint density at radius 2 is 2.05 bits per heavy atom. The molecule has 0 atom stereocenters. The lowest BCUT2D eigenvalue weighted by atomic mass is 10.1. The van der Waals surface area contributed by atoms with Crippen molar-refractivity contribution in [2.45, 2.75) is 0 Å². The summed E-state index contributed by atoms with van der Waals surface area (Å²) in [6, 6.07) is 7.39. The third kappa shape index (κ3) is 2.15. The first-order valence-electron chi connectivity index (χ1n) is 5.59. The zero-order chi connectivity index (χ0) is 13.2. The molecule has 94 valence electrons. The van der Waals surface area contributed by atoms with E-state index in [1.54, 1.807) is 12.3 Å². The molecule has 0 fully saturated rings. The van der Waals surface area contributed by atoms with Crippen LogP contribution in [-0.2, 0) is 0 Å². The van der Waals surface area contributed by atoms with Gasteiger partial charge in [-0.1, -0.05) is 23.7 Å². The van der Waals surface area contributed by atoms with Gasteiger partial charge in [-0.25, -0.2) is 9.97 Å². The van der Waals surface area contributed by atoms with Crippen LogP contribution in [0.15, 0.2) is 42.9 Å². The molecule has 2 aromatic heterocycles. The van der Waals surface area contributed by atoms with Crippen LogP contribution in [0, 0.1) is 0 Å². The number of halogens is 1. The van der Waals surface area contributed by atoms with Gasteiger partial charge in [0.15, 0.2) is 11.0 Å². The molecule has 1 amide bonds. The molecule has 2 heterocycles. The number of hydrogen-bond donors (Lipinski definition) is 2. The fourth-order valence-corrected chi connectivity index (χ4v) is 2.01. The molecule has 3 aromatic rings. The zero-order valence-corrected chi connectivity index (χ0v) is 10.5. The van der Waals surface area contributed by atoms with Gasteiger partial charge in [0.2, 0.25) is 0 Å². The Labute approximate surface area is 113 Å². The van der Waals surface area contributed by atoms with Crippen molar-refractivity contribution in [2.75, 3.05) is 5.32 Å². The third-order valence-electron chi connectivity index (χ3n) is 2.72. The second-order valence-corrected chi connectivity index (χ2v) is 4.26. The van der Waals surface area contributed by atoms with E-state index in [0.29, 0.717) is 5.56 Å². The van der Waals surface area contributed by atoms with Gasteiger partial charge in [-0.15, -0.1) is 0 Å². The van der Waals surface area contributed by atoms with Crippen LogP contribution >= 0.6 is 11.6 Å². The molecule has 5 nitrogen and oxygen atoms in total. The Kier molecular flexibility index (Phi) is 2.89. The highest BCUT2D eigenvalue weighted by Gasteiger charge is 2.13. The molecule has 2 N–H and O–H groups in total. The van der Waals surface area contributed by atoms with Crippen molar-refractivity contribution >= 4 is 34.2 Å². The van der Waals surface area contributed by atoms with E-state index in [2.05, 4.69) is 20.3 Å². The second-order valence-electron chi connectivity index (χ2n) is 3.90. The summed E-state index contributed by atoms with van der Waals surface area (Å²) in [6.07, 6.45) is 4.72. The number of H-pyrrole nitrogens is 1. The van der Waals surface area contributed by atoms with E-state index in [9.17, 15) is 4.79 Å². The van der Waals surface area contributed by atoms with Gasteiger partial charge in [-0.3, -0.25) is 4.79 Å². The average Bonchev–Trinajstić information content (AvgIpc) is 2.89. The van der Waals surface area contributed by atoms with Crippen molar-refractivity contribution in [3.63, 3.8) is 0 Å². The SMILES string of the molecule is O=C(Nc1nccnc1Cl)c1cccc2cc[nH]c12. The summed E-state index contributed by atoms with van der Waals surface area (Å²) >= 11 is 5.86. The van der Waals surface area contributed by atoms with Gasteiger partial charge in [0.25, 0.3) is 5.91 Å². The number of fused-ring (bicyclic) bond motifs is 1. The summed E-state index contributed by atoms with van der Waals surface area (Å²) in [7, 11) is 0. The molecule has 19 heavy (non-hydrogen) atoms. The number of carbonyl (C=O) groups excluding carboxylic acids is 1. The first-order chi connectivity index (χ1) is 9.25. The van der Waals surface area contributed by atoms with Crippen LogP contribution in [0.1, 0.15) is 10.4 Å². The van der Waals surface area contributed by atoms with E-state index in [4.69, 9.17) is 11.6 Å². The standard InChI is InChI=1S/C13H9ClN4O/c14-11-12(17-7-6-16-11)18-13(19)9-3-1-2-8-4-5-15-10(8)9/h1-7,15H,(H,17,18,19). The third-order valence-corrected chi connectivity index (χ3v) is 2.99. The summed E-state index contributed by atoms with van der Waals surface area (Å²) in [5.74, 6) is -0.0341. The van der Waals surface area contributed by atoms with Gasteiger partial charge in [0.05, 0.1) is 11.1 Å². The molecule has 0 radical (unpaired) electrons. The molecule has 0 saturated heterocycles. The minimum atomic E-state index is -0.282. The Balaban J connectivity index is 1.97. The lowest BCUT2D eigenvalue weighted by Gasteiger charge is -2.06. The molecule has 0 unspecified atom stereocenters. The fourth-order valence-electron chi connectivity index (χ4n) is 1.85. The number of amides is 1. The largest absolute Gasteiger partial charge is 0.361 e. The smallest absolute Gasteiger partial charge is 0.259 e. The molecular formula is C13H9ClN4O. The Morgan fingerprint density at radius 1 is 1.21 bits per heavy atom. The predicted molar refractivity (Wildman–Crippen MR) is 73.3 cm³/mol. The van der Waals surface area contributed by atoms with E-state index in [0.717, 1.165) is 10.9 Å². The monoisotopic (exact) mass is 272 g/mol. The minimum Gasteiger partial charge on any atom is -0.361 e. The molecule has 0 aliphatic carbocycles. The molecule has 0 spiro atoms. The zero-order valence-electron chi connectivity index (χ0n) is 9.72. The summed E-state index contributed by atoms with van der Waals surface area (Å²) in [5.41, 5.74) is 1.31. The van der Waals surface area contributed by atoms with Crippen molar-refractivity contribution in [2.24, 2.45) is 0 Å². The van der Waals surface area contributed by atoms with Gasteiger partial charge in [-0.2, -0.15) is 0 Å². The Bertz CT molecular complexity index is 753. The Hall–Kier alpha value is -2.40. The highest BCUT2D eigenvalue weighted by Crippen LogP contribution is 2.20. The number of carbonyl (C=O) groups is 1. The predicted octanol–water partition coefficient (Wildman–Crippen LogP) is 2.86. The van der Waals surface area contributed by atoms with Crippen LogP contribution in [-0.4, -0.2) is 20.9 Å². The first kappa shape index (κ1) is 11.7. The number of anilines is 1. The first-order valence-corrected chi connectivity index (χ1v) is 5.97. The van der Waals surface area contributed by atoms with Crippen LogP contribution in [0.5, 0.6) is 0 Å². The summed E-state index contributed by atoms with van der Waals surface area (Å²) < 4.78 is 0. The topological polar surface area (TPSA) is 70.7 Å². The number of rotatable bonds is 2.